The number of imidazole rings is 1. The lowest BCUT2D eigenvalue weighted by molar-refractivity contribution is 0.0931. The number of morpholine rings is 1. The van der Waals surface area contributed by atoms with E-state index in [4.69, 9.17) is 4.74 Å². The van der Waals surface area contributed by atoms with Crippen molar-refractivity contribution >= 4 is 32.6 Å². The minimum absolute atomic E-state index is 0.0164. The number of anilines is 1. The number of aromatic nitrogens is 4. The molecule has 10 nitrogen and oxygen atoms in total. The summed E-state index contributed by atoms with van der Waals surface area (Å²) in [7, 11) is -4.06. The standard InChI is InChI=1S/C20H21F2N7O3S2/c1-2-12-10-32-6-5-28(12)14-7-13(34(30,31)27-20(11-23)3-4-20)9-29-15(14)8-24-17(29)19-26-25-18(33-19)16(21)22/h7-9,12,16,27H,2-6,10H2,1H3/t12-/m0/s1. The molecule has 3 aromatic heterocycles. The molecule has 2 fully saturated rings. The van der Waals surface area contributed by atoms with E-state index in [1.807, 2.05) is 13.0 Å². The first-order valence-electron chi connectivity index (χ1n) is 10.7. The van der Waals surface area contributed by atoms with E-state index < -0.39 is 27.0 Å². The number of nitrogens with one attached hydrogen (secondary N) is 1. The fourth-order valence-corrected chi connectivity index (χ4v) is 6.08. The van der Waals surface area contributed by atoms with E-state index in [9.17, 15) is 22.5 Å². The van der Waals surface area contributed by atoms with Crippen LogP contribution in [0.3, 0.4) is 0 Å². The van der Waals surface area contributed by atoms with Gasteiger partial charge in [0.2, 0.25) is 10.0 Å². The Morgan fingerprint density at radius 3 is 2.85 bits per heavy atom. The molecule has 4 heterocycles. The van der Waals surface area contributed by atoms with Crippen molar-refractivity contribution in [3.05, 3.63) is 23.5 Å². The van der Waals surface area contributed by atoms with Crippen LogP contribution in [0.15, 0.2) is 23.4 Å². The highest BCUT2D eigenvalue weighted by Gasteiger charge is 2.47. The minimum atomic E-state index is -4.06. The molecule has 180 valence electrons. The lowest BCUT2D eigenvalue weighted by Gasteiger charge is -2.37. The normalized spacial score (nSPS) is 20.1. The summed E-state index contributed by atoms with van der Waals surface area (Å²) >= 11 is 0.700. The number of fused-ring (bicyclic) bond motifs is 1. The number of ether oxygens (including phenoxy) is 1. The van der Waals surface area contributed by atoms with E-state index in [0.29, 0.717) is 55.1 Å². The first kappa shape index (κ1) is 23.0. The van der Waals surface area contributed by atoms with Crippen LogP contribution in [0.4, 0.5) is 14.5 Å². The van der Waals surface area contributed by atoms with Crippen molar-refractivity contribution in [1.29, 1.82) is 5.26 Å². The third kappa shape index (κ3) is 4.02. The minimum Gasteiger partial charge on any atom is -0.377 e. The Kier molecular flexibility index (Phi) is 5.75. The molecule has 2 aliphatic rings. The summed E-state index contributed by atoms with van der Waals surface area (Å²) in [5.41, 5.74) is 0.129. The van der Waals surface area contributed by atoms with Gasteiger partial charge in [0.1, 0.15) is 10.4 Å². The van der Waals surface area contributed by atoms with Gasteiger partial charge in [-0.25, -0.2) is 22.2 Å². The predicted molar refractivity (Wildman–Crippen MR) is 119 cm³/mol. The topological polar surface area (TPSA) is 126 Å². The highest BCUT2D eigenvalue weighted by atomic mass is 32.2. The molecule has 0 aromatic carbocycles. The van der Waals surface area contributed by atoms with Gasteiger partial charge < -0.3 is 9.64 Å². The summed E-state index contributed by atoms with van der Waals surface area (Å²) in [5, 5.41) is 16.5. The molecule has 1 aliphatic heterocycles. The lowest BCUT2D eigenvalue weighted by atomic mass is 10.1. The fraction of sp³-hybridized carbons (Fsp3) is 0.500. The van der Waals surface area contributed by atoms with Gasteiger partial charge in [-0.1, -0.05) is 18.3 Å². The van der Waals surface area contributed by atoms with Crippen LogP contribution < -0.4 is 9.62 Å². The van der Waals surface area contributed by atoms with Gasteiger partial charge in [0.25, 0.3) is 6.43 Å². The van der Waals surface area contributed by atoms with Crippen LogP contribution in [0.1, 0.15) is 37.6 Å². The predicted octanol–water partition coefficient (Wildman–Crippen LogP) is 2.74. The summed E-state index contributed by atoms with van der Waals surface area (Å²) in [6.45, 7) is 3.53. The molecule has 1 aliphatic carbocycles. The summed E-state index contributed by atoms with van der Waals surface area (Å²) in [6, 6.07) is 3.61. The quantitative estimate of drug-likeness (QED) is 0.515. The van der Waals surface area contributed by atoms with Gasteiger partial charge in [-0.05, 0) is 25.3 Å². The van der Waals surface area contributed by atoms with Crippen molar-refractivity contribution in [2.75, 3.05) is 24.7 Å². The number of alkyl halides is 2. The fourth-order valence-electron chi connectivity index (χ4n) is 3.99. The first-order valence-corrected chi connectivity index (χ1v) is 13.0. The van der Waals surface area contributed by atoms with Crippen LogP contribution in [0.25, 0.3) is 16.3 Å². The number of rotatable bonds is 7. The second-order valence-corrected chi connectivity index (χ2v) is 11.0. The van der Waals surface area contributed by atoms with Gasteiger partial charge >= 0.3 is 0 Å². The molecule has 1 saturated heterocycles. The van der Waals surface area contributed by atoms with Gasteiger partial charge in [0.15, 0.2) is 15.8 Å². The molecule has 14 heteroatoms. The Morgan fingerprint density at radius 2 is 2.21 bits per heavy atom. The first-order chi connectivity index (χ1) is 16.3. The highest BCUT2D eigenvalue weighted by Crippen LogP contribution is 2.38. The number of halogens is 2. The van der Waals surface area contributed by atoms with Crippen LogP contribution >= 0.6 is 11.3 Å². The Hall–Kier alpha value is -2.73. The van der Waals surface area contributed by atoms with Gasteiger partial charge in [0, 0.05) is 12.7 Å². The molecule has 1 N–H and O–H groups in total. The zero-order valence-corrected chi connectivity index (χ0v) is 19.7. The number of nitrogens with zero attached hydrogens (tertiary/aromatic N) is 6. The molecule has 0 radical (unpaired) electrons. The van der Waals surface area contributed by atoms with E-state index in [1.54, 1.807) is 12.3 Å². The van der Waals surface area contributed by atoms with E-state index in [0.717, 1.165) is 6.42 Å². The third-order valence-electron chi connectivity index (χ3n) is 6.03. The van der Waals surface area contributed by atoms with Crippen LogP contribution in [0.5, 0.6) is 0 Å². The Balaban J connectivity index is 1.68. The van der Waals surface area contributed by atoms with Crippen molar-refractivity contribution < 1.29 is 21.9 Å². The van der Waals surface area contributed by atoms with Crippen LogP contribution in [-0.4, -0.2) is 59.3 Å². The second kappa shape index (κ2) is 8.49. The summed E-state index contributed by atoms with van der Waals surface area (Å²) < 4.78 is 62.4. The monoisotopic (exact) mass is 509 g/mol. The van der Waals surface area contributed by atoms with Crippen LogP contribution in [0, 0.1) is 11.3 Å². The molecular weight excluding hydrogens is 488 g/mol. The van der Waals surface area contributed by atoms with Gasteiger partial charge in [-0.2, -0.15) is 9.98 Å². The average molecular weight is 510 g/mol. The maximum Gasteiger partial charge on any atom is 0.291 e. The number of hydrogen-bond donors (Lipinski definition) is 1. The van der Waals surface area contributed by atoms with Gasteiger partial charge in [-0.3, -0.25) is 4.40 Å². The molecule has 3 aromatic rings. The number of hydrogen-bond acceptors (Lipinski definition) is 9. The van der Waals surface area contributed by atoms with Crippen molar-refractivity contribution in [2.45, 2.75) is 49.1 Å². The smallest absolute Gasteiger partial charge is 0.291 e. The van der Waals surface area contributed by atoms with E-state index in [2.05, 4.69) is 24.8 Å². The number of sulfonamides is 1. The molecule has 5 rings (SSSR count). The third-order valence-corrected chi connectivity index (χ3v) is 8.46. The van der Waals surface area contributed by atoms with Gasteiger partial charge in [0.05, 0.1) is 42.7 Å². The average Bonchev–Trinajstić information content (AvgIpc) is 3.22. The molecule has 1 atom stereocenters. The van der Waals surface area contributed by atoms with Crippen molar-refractivity contribution in [3.63, 3.8) is 0 Å². The van der Waals surface area contributed by atoms with E-state index in [-0.39, 0.29) is 21.8 Å². The Bertz CT molecular complexity index is 1380. The Labute approximate surface area is 198 Å². The van der Waals surface area contributed by atoms with Crippen molar-refractivity contribution in [2.24, 2.45) is 0 Å². The molecule has 0 unspecified atom stereocenters. The Morgan fingerprint density at radius 1 is 1.41 bits per heavy atom. The van der Waals surface area contributed by atoms with Crippen molar-refractivity contribution in [1.82, 2.24) is 24.3 Å². The van der Waals surface area contributed by atoms with Crippen molar-refractivity contribution in [3.8, 4) is 16.9 Å². The summed E-state index contributed by atoms with van der Waals surface area (Å²) in [4.78, 5) is 6.39. The maximum absolute atomic E-state index is 13.3. The highest BCUT2D eigenvalue weighted by molar-refractivity contribution is 7.89. The number of pyridine rings is 1. The molecule has 0 bridgehead atoms. The van der Waals surface area contributed by atoms with E-state index in [1.165, 1.54) is 10.6 Å². The molecule has 34 heavy (non-hydrogen) atoms. The van der Waals surface area contributed by atoms with E-state index >= 15 is 0 Å². The zero-order chi connectivity index (χ0) is 24.1. The van der Waals surface area contributed by atoms with Gasteiger partial charge in [-0.15, -0.1) is 10.2 Å². The maximum atomic E-state index is 13.3. The zero-order valence-electron chi connectivity index (χ0n) is 18.1. The largest absolute Gasteiger partial charge is 0.377 e. The van der Waals surface area contributed by atoms with Crippen LogP contribution in [-0.2, 0) is 14.8 Å². The molecule has 0 amide bonds. The number of nitriles is 1. The molecule has 1 saturated carbocycles. The molecular formula is C20H21F2N7O3S2. The lowest BCUT2D eigenvalue weighted by Crippen LogP contribution is -2.45. The summed E-state index contributed by atoms with van der Waals surface area (Å²) in [5.74, 6) is 0.209. The summed E-state index contributed by atoms with van der Waals surface area (Å²) in [6.07, 6.45) is 1.83. The van der Waals surface area contributed by atoms with Crippen LogP contribution in [0.2, 0.25) is 0 Å². The molecule has 0 spiro atoms. The SMILES string of the molecule is CC[C@H]1COCCN1c1cc(S(=O)(=O)NC2(C#N)CC2)cn2c(-c3nnc(C(F)F)s3)ncc12. The second-order valence-electron chi connectivity index (χ2n) is 8.27.